The highest BCUT2D eigenvalue weighted by Gasteiger charge is 2.75. The number of alkyl halides is 3. The van der Waals surface area contributed by atoms with Gasteiger partial charge in [-0.2, -0.15) is 18.4 Å². The van der Waals surface area contributed by atoms with E-state index < -0.39 is 18.6 Å². The summed E-state index contributed by atoms with van der Waals surface area (Å²) < 4.78 is 37.7. The molecule has 1 aliphatic heterocycles. The summed E-state index contributed by atoms with van der Waals surface area (Å²) >= 11 is 0. The number of anilines is 1. The van der Waals surface area contributed by atoms with Crippen molar-refractivity contribution in [3.63, 3.8) is 0 Å². The number of benzene rings is 1. The van der Waals surface area contributed by atoms with E-state index in [1.54, 1.807) is 12.3 Å². The smallest absolute Gasteiger partial charge is 0.310 e. The van der Waals surface area contributed by atoms with Gasteiger partial charge in [-0.1, -0.05) is 12.1 Å². The molecule has 5 nitrogen and oxygen atoms in total. The molecule has 2 atom stereocenters. The Hall–Kier alpha value is -2.66. The van der Waals surface area contributed by atoms with Crippen molar-refractivity contribution < 1.29 is 18.0 Å². The first-order chi connectivity index (χ1) is 14.2. The minimum absolute atomic E-state index is 0.0931. The molecule has 156 valence electrons. The van der Waals surface area contributed by atoms with Crippen molar-refractivity contribution in [1.29, 1.82) is 5.26 Å². The molecule has 3 aliphatic rings. The maximum absolute atomic E-state index is 12.6. The molecule has 30 heavy (non-hydrogen) atoms. The quantitative estimate of drug-likeness (QED) is 0.821. The lowest BCUT2D eigenvalue weighted by Crippen LogP contribution is -2.34. The van der Waals surface area contributed by atoms with Gasteiger partial charge >= 0.3 is 6.18 Å². The molecule has 1 aromatic carbocycles. The van der Waals surface area contributed by atoms with E-state index in [4.69, 9.17) is 0 Å². The zero-order valence-corrected chi connectivity index (χ0v) is 16.3. The van der Waals surface area contributed by atoms with E-state index in [0.717, 1.165) is 35.6 Å². The van der Waals surface area contributed by atoms with E-state index in [1.807, 2.05) is 18.2 Å². The molecule has 1 aromatic heterocycles. The van der Waals surface area contributed by atoms with Crippen LogP contribution in [-0.4, -0.2) is 41.6 Å². The fourth-order valence-corrected chi connectivity index (χ4v) is 5.00. The molecule has 3 fully saturated rings. The van der Waals surface area contributed by atoms with E-state index in [2.05, 4.69) is 16.4 Å². The maximum Gasteiger partial charge on any atom is 0.401 e. The van der Waals surface area contributed by atoms with Crippen molar-refractivity contribution >= 4 is 22.5 Å². The molecule has 1 spiro atoms. The van der Waals surface area contributed by atoms with Gasteiger partial charge in [0, 0.05) is 18.1 Å². The third-order valence-electron chi connectivity index (χ3n) is 6.94. The second-order valence-corrected chi connectivity index (χ2v) is 8.93. The summed E-state index contributed by atoms with van der Waals surface area (Å²) in [7, 11) is 0. The number of halogens is 3. The predicted molar refractivity (Wildman–Crippen MR) is 105 cm³/mol. The number of amides is 1. The molecule has 0 unspecified atom stereocenters. The summed E-state index contributed by atoms with van der Waals surface area (Å²) in [6.45, 7) is -0.643. The minimum Gasteiger partial charge on any atom is -0.310 e. The molecule has 1 N–H and O–H groups in total. The molecule has 1 saturated heterocycles. The summed E-state index contributed by atoms with van der Waals surface area (Å²) in [5, 5.41) is 14.3. The van der Waals surface area contributed by atoms with Gasteiger partial charge in [0.25, 0.3) is 0 Å². The zero-order chi connectivity index (χ0) is 21.1. The van der Waals surface area contributed by atoms with Gasteiger partial charge in [-0.05, 0) is 60.7 Å². The molecule has 0 bridgehead atoms. The summed E-state index contributed by atoms with van der Waals surface area (Å²) in [6.07, 6.45) is 0.910. The van der Waals surface area contributed by atoms with Crippen LogP contribution < -0.4 is 5.32 Å². The van der Waals surface area contributed by atoms with E-state index in [0.29, 0.717) is 12.2 Å². The average molecular weight is 414 g/mol. The lowest BCUT2D eigenvalue weighted by molar-refractivity contribution is -0.144. The van der Waals surface area contributed by atoms with Gasteiger partial charge in [0.2, 0.25) is 5.91 Å². The second kappa shape index (κ2) is 6.42. The molecule has 5 rings (SSSR count). The Labute approximate surface area is 171 Å². The molecular weight excluding hydrogens is 393 g/mol. The normalized spacial score (nSPS) is 27.2. The second-order valence-electron chi connectivity index (χ2n) is 8.93. The van der Waals surface area contributed by atoms with Crippen LogP contribution in [0.15, 0.2) is 30.5 Å². The van der Waals surface area contributed by atoms with Crippen LogP contribution >= 0.6 is 0 Å². The molecule has 8 heteroatoms. The van der Waals surface area contributed by atoms with Crippen molar-refractivity contribution in [2.75, 3.05) is 25.0 Å². The van der Waals surface area contributed by atoms with Crippen molar-refractivity contribution in [2.45, 2.75) is 37.3 Å². The van der Waals surface area contributed by atoms with Gasteiger partial charge in [-0.3, -0.25) is 9.69 Å². The number of hydrogen-bond donors (Lipinski definition) is 1. The fraction of sp³-hybridized carbons (Fsp3) is 0.500. The topological polar surface area (TPSA) is 69.0 Å². The Kier molecular flexibility index (Phi) is 4.13. The molecule has 2 saturated carbocycles. The van der Waals surface area contributed by atoms with E-state index in [-0.39, 0.29) is 29.8 Å². The highest BCUT2D eigenvalue weighted by Crippen LogP contribution is 2.78. The first-order valence-electron chi connectivity index (χ1n) is 10.2. The summed E-state index contributed by atoms with van der Waals surface area (Å²) in [6, 6.07) is 10.2. The Bertz CT molecular complexity index is 1070. The number of hydrogen-bond acceptors (Lipinski definition) is 4. The molecule has 0 radical (unpaired) electrons. The number of pyridine rings is 1. The largest absolute Gasteiger partial charge is 0.401 e. The summed E-state index contributed by atoms with van der Waals surface area (Å²) in [5.41, 5.74) is 0.793. The van der Waals surface area contributed by atoms with Crippen molar-refractivity contribution in [1.82, 2.24) is 9.88 Å². The third-order valence-corrected chi connectivity index (χ3v) is 6.94. The molecule has 2 heterocycles. The van der Waals surface area contributed by atoms with Gasteiger partial charge in [-0.25, -0.2) is 4.98 Å². The van der Waals surface area contributed by atoms with Gasteiger partial charge in [0.05, 0.1) is 23.9 Å². The van der Waals surface area contributed by atoms with Crippen LogP contribution in [0.2, 0.25) is 0 Å². The van der Waals surface area contributed by atoms with Crippen LogP contribution in [0, 0.1) is 22.7 Å². The van der Waals surface area contributed by atoms with Gasteiger partial charge < -0.3 is 5.32 Å². The number of nitriles is 1. The Balaban J connectivity index is 1.31. The Morgan fingerprint density at radius 1 is 1.30 bits per heavy atom. The molecule has 1 amide bonds. The highest BCUT2D eigenvalue weighted by molar-refractivity contribution is 5.94. The Morgan fingerprint density at radius 3 is 2.77 bits per heavy atom. The van der Waals surface area contributed by atoms with Crippen molar-refractivity contribution in [3.8, 4) is 6.07 Å². The lowest BCUT2D eigenvalue weighted by Gasteiger charge is -2.17. The van der Waals surface area contributed by atoms with Gasteiger partial charge in [0.15, 0.2) is 0 Å². The highest BCUT2D eigenvalue weighted by atomic mass is 19.4. The van der Waals surface area contributed by atoms with E-state index >= 15 is 0 Å². The van der Waals surface area contributed by atoms with Gasteiger partial charge in [0.1, 0.15) is 5.82 Å². The monoisotopic (exact) mass is 414 g/mol. The summed E-state index contributed by atoms with van der Waals surface area (Å²) in [5.74, 6) is -0.420. The van der Waals surface area contributed by atoms with Crippen LogP contribution in [0.1, 0.15) is 31.2 Å². The standard InChI is InChI=1S/C22H21F3N4O/c23-22(24,25)13-29-6-3-15(10-29)19(30)28-18-8-16-7-17(2-1-14(16)9-27-18)21(12-26)11-20(21)4-5-20/h1-2,7-9,15H,3-6,10-11,13H2,(H,27,28,30)/t15-,21-/m1/s1. The van der Waals surface area contributed by atoms with E-state index in [1.165, 1.54) is 4.90 Å². The van der Waals surface area contributed by atoms with Crippen LogP contribution in [-0.2, 0) is 10.2 Å². The van der Waals surface area contributed by atoms with Crippen LogP contribution in [0.3, 0.4) is 0 Å². The molecular formula is C22H21F3N4O. The predicted octanol–water partition coefficient (Wildman–Crippen LogP) is 4.00. The summed E-state index contributed by atoms with van der Waals surface area (Å²) in [4.78, 5) is 18.1. The third kappa shape index (κ3) is 3.21. The van der Waals surface area contributed by atoms with Crippen LogP contribution in [0.5, 0.6) is 0 Å². The maximum atomic E-state index is 12.6. The number of nitrogens with zero attached hydrogens (tertiary/aromatic N) is 3. The SMILES string of the molecule is N#C[C@@]1(c2ccc3cnc(NC(=O)[C@@H]4CCN(CC(F)(F)F)C4)cc3c2)CC12CC2. The Morgan fingerprint density at radius 2 is 2.10 bits per heavy atom. The van der Waals surface area contributed by atoms with E-state index in [9.17, 15) is 23.2 Å². The lowest BCUT2D eigenvalue weighted by atomic mass is 9.92. The number of nitrogens with one attached hydrogen (secondary N) is 1. The van der Waals surface area contributed by atoms with Crippen LogP contribution in [0.25, 0.3) is 10.8 Å². The fourth-order valence-electron chi connectivity index (χ4n) is 5.00. The van der Waals surface area contributed by atoms with Crippen molar-refractivity contribution in [2.24, 2.45) is 11.3 Å². The number of carbonyl (C=O) groups is 1. The molecule has 2 aliphatic carbocycles. The number of fused-ring (bicyclic) bond motifs is 1. The number of aromatic nitrogens is 1. The first kappa shape index (κ1) is 19.3. The number of rotatable bonds is 4. The molecule has 2 aromatic rings. The average Bonchev–Trinajstić information content (AvgIpc) is 3.56. The number of carbonyl (C=O) groups excluding carboxylic acids is 1. The van der Waals surface area contributed by atoms with Crippen LogP contribution in [0.4, 0.5) is 19.0 Å². The number of likely N-dealkylation sites (tertiary alicyclic amines) is 1. The van der Waals surface area contributed by atoms with Gasteiger partial charge in [-0.15, -0.1) is 0 Å². The minimum atomic E-state index is -4.26. The van der Waals surface area contributed by atoms with Crippen molar-refractivity contribution in [3.05, 3.63) is 36.0 Å². The zero-order valence-electron chi connectivity index (χ0n) is 16.3. The first-order valence-corrected chi connectivity index (χ1v) is 10.2.